The van der Waals surface area contributed by atoms with Gasteiger partial charge in [0.05, 0.1) is 6.04 Å². The van der Waals surface area contributed by atoms with Gasteiger partial charge in [-0.2, -0.15) is 0 Å². The van der Waals surface area contributed by atoms with E-state index in [0.717, 1.165) is 12.1 Å². The van der Waals surface area contributed by atoms with Gasteiger partial charge in [0.15, 0.2) is 0 Å². The zero-order valence-corrected chi connectivity index (χ0v) is 14.7. The summed E-state index contributed by atoms with van der Waals surface area (Å²) in [5.41, 5.74) is 1.89. The number of hydrogen-bond acceptors (Lipinski definition) is 3. The predicted octanol–water partition coefficient (Wildman–Crippen LogP) is 2.49. The molecule has 0 saturated carbocycles. The van der Waals surface area contributed by atoms with E-state index in [4.69, 9.17) is 11.6 Å². The second-order valence-electron chi connectivity index (χ2n) is 5.90. The van der Waals surface area contributed by atoms with E-state index in [2.05, 4.69) is 10.6 Å². The molecule has 130 valence electrons. The highest BCUT2D eigenvalue weighted by atomic mass is 35.5. The monoisotopic (exact) mass is 357 g/mol. The Bertz CT molecular complexity index is 794. The zero-order chi connectivity index (χ0) is 17.8. The van der Waals surface area contributed by atoms with Crippen molar-refractivity contribution >= 4 is 23.4 Å². The number of carbonyl (C=O) groups is 2. The third kappa shape index (κ3) is 3.67. The molecular formula is C19H20ClN3O2. The molecular weight excluding hydrogens is 338 g/mol. The first-order valence-electron chi connectivity index (χ1n) is 8.20. The van der Waals surface area contributed by atoms with Crippen molar-refractivity contribution in [2.45, 2.75) is 6.04 Å². The van der Waals surface area contributed by atoms with Crippen LogP contribution in [0.4, 0.5) is 0 Å². The van der Waals surface area contributed by atoms with Gasteiger partial charge in [0.2, 0.25) is 0 Å². The normalized spacial score (nSPS) is 17.2. The molecule has 0 spiro atoms. The highest BCUT2D eigenvalue weighted by Gasteiger charge is 2.30. The van der Waals surface area contributed by atoms with Crippen molar-refractivity contribution in [3.8, 4) is 0 Å². The van der Waals surface area contributed by atoms with Crippen molar-refractivity contribution in [1.82, 2.24) is 15.5 Å². The summed E-state index contributed by atoms with van der Waals surface area (Å²) in [5.74, 6) is -0.310. The molecule has 1 atom stereocenters. The van der Waals surface area contributed by atoms with Gasteiger partial charge >= 0.3 is 0 Å². The van der Waals surface area contributed by atoms with Crippen LogP contribution in [0.1, 0.15) is 32.3 Å². The van der Waals surface area contributed by atoms with Crippen LogP contribution in [0.15, 0.2) is 48.5 Å². The van der Waals surface area contributed by atoms with Gasteiger partial charge in [0.1, 0.15) is 0 Å². The maximum absolute atomic E-state index is 13.1. The Kier molecular flexibility index (Phi) is 5.36. The fourth-order valence-electron chi connectivity index (χ4n) is 3.07. The van der Waals surface area contributed by atoms with E-state index in [0.29, 0.717) is 29.2 Å². The molecule has 1 aliphatic heterocycles. The number of amides is 2. The zero-order valence-electron chi connectivity index (χ0n) is 14.0. The average Bonchev–Trinajstić information content (AvgIpc) is 2.67. The lowest BCUT2D eigenvalue weighted by molar-refractivity contribution is 0.0634. The maximum Gasteiger partial charge on any atom is 0.254 e. The minimum atomic E-state index is -0.211. The van der Waals surface area contributed by atoms with Crippen molar-refractivity contribution in [2.75, 3.05) is 26.7 Å². The second kappa shape index (κ2) is 7.68. The first-order chi connectivity index (χ1) is 12.1. The summed E-state index contributed by atoms with van der Waals surface area (Å²) in [7, 11) is 1.57. The van der Waals surface area contributed by atoms with Crippen LogP contribution in [-0.2, 0) is 0 Å². The molecule has 0 aliphatic carbocycles. The Morgan fingerprint density at radius 2 is 1.92 bits per heavy atom. The third-order valence-electron chi connectivity index (χ3n) is 4.37. The van der Waals surface area contributed by atoms with Crippen molar-refractivity contribution in [3.05, 3.63) is 70.2 Å². The molecule has 1 heterocycles. The first kappa shape index (κ1) is 17.5. The number of halogens is 1. The van der Waals surface area contributed by atoms with E-state index in [1.165, 1.54) is 0 Å². The van der Waals surface area contributed by atoms with Gasteiger partial charge in [0.25, 0.3) is 11.8 Å². The molecule has 1 unspecified atom stereocenters. The SMILES string of the molecule is CNC(=O)c1cccc(C(=O)N2CCNCC2c2ccccc2Cl)c1. The van der Waals surface area contributed by atoms with Gasteiger partial charge in [0, 0.05) is 42.8 Å². The maximum atomic E-state index is 13.1. The number of nitrogens with zero attached hydrogens (tertiary/aromatic N) is 1. The molecule has 0 radical (unpaired) electrons. The number of piperazine rings is 1. The molecule has 2 amide bonds. The van der Waals surface area contributed by atoms with Crippen LogP contribution in [0.5, 0.6) is 0 Å². The quantitative estimate of drug-likeness (QED) is 0.887. The van der Waals surface area contributed by atoms with E-state index in [1.54, 1.807) is 31.3 Å². The standard InChI is InChI=1S/C19H20ClN3O2/c1-21-18(24)13-5-4-6-14(11-13)19(25)23-10-9-22-12-17(23)15-7-2-3-8-16(15)20/h2-8,11,17,22H,9-10,12H2,1H3,(H,21,24). The lowest BCUT2D eigenvalue weighted by atomic mass is 10.0. The molecule has 2 aromatic rings. The number of benzene rings is 2. The van der Waals surface area contributed by atoms with Gasteiger partial charge < -0.3 is 15.5 Å². The van der Waals surface area contributed by atoms with Crippen LogP contribution in [0, 0.1) is 0 Å². The smallest absolute Gasteiger partial charge is 0.254 e. The van der Waals surface area contributed by atoms with Crippen LogP contribution < -0.4 is 10.6 Å². The van der Waals surface area contributed by atoms with Gasteiger partial charge in [-0.3, -0.25) is 9.59 Å². The summed E-state index contributed by atoms with van der Waals surface area (Å²) in [6.45, 7) is 1.95. The molecule has 5 nitrogen and oxygen atoms in total. The summed E-state index contributed by atoms with van der Waals surface area (Å²) < 4.78 is 0. The van der Waals surface area contributed by atoms with E-state index < -0.39 is 0 Å². The molecule has 0 bridgehead atoms. The van der Waals surface area contributed by atoms with E-state index in [9.17, 15) is 9.59 Å². The number of hydrogen-bond donors (Lipinski definition) is 2. The minimum absolute atomic E-state index is 0.0998. The van der Waals surface area contributed by atoms with Crippen LogP contribution in [0.2, 0.25) is 5.02 Å². The Balaban J connectivity index is 1.92. The summed E-state index contributed by atoms with van der Waals surface area (Å²) >= 11 is 6.34. The van der Waals surface area contributed by atoms with Gasteiger partial charge in [-0.1, -0.05) is 35.9 Å². The average molecular weight is 358 g/mol. The van der Waals surface area contributed by atoms with Crippen molar-refractivity contribution < 1.29 is 9.59 Å². The van der Waals surface area contributed by atoms with Gasteiger partial charge in [-0.05, 0) is 29.8 Å². The highest BCUT2D eigenvalue weighted by Crippen LogP contribution is 2.29. The van der Waals surface area contributed by atoms with Crippen LogP contribution >= 0.6 is 11.6 Å². The molecule has 1 aliphatic rings. The van der Waals surface area contributed by atoms with Crippen molar-refractivity contribution in [3.63, 3.8) is 0 Å². The van der Waals surface area contributed by atoms with Gasteiger partial charge in [-0.15, -0.1) is 0 Å². The first-order valence-corrected chi connectivity index (χ1v) is 8.58. The van der Waals surface area contributed by atoms with E-state index in [1.807, 2.05) is 29.2 Å². The molecule has 1 saturated heterocycles. The fraction of sp³-hybridized carbons (Fsp3) is 0.263. The Morgan fingerprint density at radius 3 is 2.68 bits per heavy atom. The Hall–Kier alpha value is -2.37. The number of rotatable bonds is 3. The molecule has 0 aromatic heterocycles. The summed E-state index contributed by atoms with van der Waals surface area (Å²) in [6, 6.07) is 14.2. The van der Waals surface area contributed by atoms with Gasteiger partial charge in [-0.25, -0.2) is 0 Å². The largest absolute Gasteiger partial charge is 0.355 e. The van der Waals surface area contributed by atoms with E-state index >= 15 is 0 Å². The molecule has 1 fully saturated rings. The predicted molar refractivity (Wildman–Crippen MR) is 97.9 cm³/mol. The topological polar surface area (TPSA) is 61.4 Å². The molecule has 2 N–H and O–H groups in total. The molecule has 6 heteroatoms. The Morgan fingerprint density at radius 1 is 1.16 bits per heavy atom. The summed E-state index contributed by atoms with van der Waals surface area (Å²) in [5, 5.41) is 6.54. The molecule has 2 aromatic carbocycles. The van der Waals surface area contributed by atoms with E-state index in [-0.39, 0.29) is 17.9 Å². The van der Waals surface area contributed by atoms with Crippen molar-refractivity contribution in [1.29, 1.82) is 0 Å². The molecule has 3 rings (SSSR count). The summed E-state index contributed by atoms with van der Waals surface area (Å²) in [4.78, 5) is 26.7. The fourth-order valence-corrected chi connectivity index (χ4v) is 3.34. The Labute approximate surface area is 152 Å². The van der Waals surface area contributed by atoms with Crippen LogP contribution in [-0.4, -0.2) is 43.4 Å². The van der Waals surface area contributed by atoms with Crippen LogP contribution in [0.3, 0.4) is 0 Å². The lowest BCUT2D eigenvalue weighted by Crippen LogP contribution is -2.48. The second-order valence-corrected chi connectivity index (χ2v) is 6.31. The lowest BCUT2D eigenvalue weighted by Gasteiger charge is -2.37. The third-order valence-corrected chi connectivity index (χ3v) is 4.71. The number of nitrogens with one attached hydrogen (secondary N) is 2. The highest BCUT2D eigenvalue weighted by molar-refractivity contribution is 6.31. The van der Waals surface area contributed by atoms with Crippen LogP contribution in [0.25, 0.3) is 0 Å². The summed E-state index contributed by atoms with van der Waals surface area (Å²) in [6.07, 6.45) is 0. The molecule has 25 heavy (non-hydrogen) atoms. The van der Waals surface area contributed by atoms with Crippen molar-refractivity contribution in [2.24, 2.45) is 0 Å². The number of carbonyl (C=O) groups excluding carboxylic acids is 2. The minimum Gasteiger partial charge on any atom is -0.355 e.